The molecule has 0 aromatic carbocycles. The largest absolute Gasteiger partial charge is 0.379 e. The standard InChI is InChI=1S/C8H11N5O/c1-2-13-4-3-9-8(13)7(14)6-5-10-12-11-6/h3-5,7,14H,2H2,1H3,(H,10,11,12). The number of aromatic nitrogens is 5. The lowest BCUT2D eigenvalue weighted by atomic mass is 10.2. The molecule has 0 radical (unpaired) electrons. The number of aliphatic hydroxyl groups is 1. The summed E-state index contributed by atoms with van der Waals surface area (Å²) in [5.74, 6) is 0.585. The Morgan fingerprint density at radius 1 is 1.64 bits per heavy atom. The first-order chi connectivity index (χ1) is 6.83. The summed E-state index contributed by atoms with van der Waals surface area (Å²) in [6, 6.07) is 0. The zero-order chi connectivity index (χ0) is 9.97. The van der Waals surface area contributed by atoms with E-state index in [1.54, 1.807) is 6.20 Å². The molecule has 1 unspecified atom stereocenters. The van der Waals surface area contributed by atoms with E-state index in [4.69, 9.17) is 0 Å². The number of hydrogen-bond donors (Lipinski definition) is 2. The molecular weight excluding hydrogens is 182 g/mol. The highest BCUT2D eigenvalue weighted by molar-refractivity contribution is 5.10. The van der Waals surface area contributed by atoms with Crippen LogP contribution in [-0.2, 0) is 6.54 Å². The lowest BCUT2D eigenvalue weighted by Crippen LogP contribution is -2.09. The Morgan fingerprint density at radius 2 is 2.50 bits per heavy atom. The number of rotatable bonds is 3. The van der Waals surface area contributed by atoms with Gasteiger partial charge in [-0.25, -0.2) is 4.98 Å². The van der Waals surface area contributed by atoms with Crippen molar-refractivity contribution in [3.63, 3.8) is 0 Å². The minimum absolute atomic E-state index is 0.478. The van der Waals surface area contributed by atoms with Crippen LogP contribution in [0.25, 0.3) is 0 Å². The van der Waals surface area contributed by atoms with Gasteiger partial charge in [0.05, 0.1) is 6.20 Å². The maximum Gasteiger partial charge on any atom is 0.157 e. The van der Waals surface area contributed by atoms with Gasteiger partial charge in [0, 0.05) is 18.9 Å². The van der Waals surface area contributed by atoms with Gasteiger partial charge in [-0.15, -0.1) is 0 Å². The van der Waals surface area contributed by atoms with Crippen molar-refractivity contribution in [3.05, 3.63) is 30.1 Å². The lowest BCUT2D eigenvalue weighted by Gasteiger charge is -2.08. The van der Waals surface area contributed by atoms with Gasteiger partial charge in [-0.2, -0.15) is 15.4 Å². The number of imidazole rings is 1. The monoisotopic (exact) mass is 193 g/mol. The van der Waals surface area contributed by atoms with Crippen molar-refractivity contribution in [1.82, 2.24) is 25.0 Å². The summed E-state index contributed by atoms with van der Waals surface area (Å²) < 4.78 is 1.86. The van der Waals surface area contributed by atoms with E-state index in [0.29, 0.717) is 11.5 Å². The molecule has 6 heteroatoms. The van der Waals surface area contributed by atoms with Gasteiger partial charge in [-0.05, 0) is 6.92 Å². The first kappa shape index (κ1) is 8.89. The Kier molecular flexibility index (Phi) is 2.28. The normalized spacial score (nSPS) is 13.0. The topological polar surface area (TPSA) is 79.6 Å². The fraction of sp³-hybridized carbons (Fsp3) is 0.375. The van der Waals surface area contributed by atoms with Crippen molar-refractivity contribution in [2.75, 3.05) is 0 Å². The molecule has 6 nitrogen and oxygen atoms in total. The molecule has 2 aromatic heterocycles. The molecule has 0 saturated heterocycles. The van der Waals surface area contributed by atoms with Crippen LogP contribution in [0.4, 0.5) is 0 Å². The van der Waals surface area contributed by atoms with Crippen LogP contribution in [0.5, 0.6) is 0 Å². The molecule has 0 saturated carbocycles. The Balaban J connectivity index is 2.31. The second kappa shape index (κ2) is 3.59. The lowest BCUT2D eigenvalue weighted by molar-refractivity contribution is 0.200. The number of aliphatic hydroxyl groups excluding tert-OH is 1. The molecule has 0 aliphatic rings. The fourth-order valence-electron chi connectivity index (χ4n) is 1.31. The summed E-state index contributed by atoms with van der Waals surface area (Å²) in [6.45, 7) is 2.75. The number of nitrogens with one attached hydrogen (secondary N) is 1. The van der Waals surface area contributed by atoms with Crippen molar-refractivity contribution in [2.45, 2.75) is 19.6 Å². The second-order valence-corrected chi connectivity index (χ2v) is 2.87. The highest BCUT2D eigenvalue weighted by Crippen LogP contribution is 2.16. The summed E-state index contributed by atoms with van der Waals surface area (Å²) in [4.78, 5) is 4.07. The van der Waals surface area contributed by atoms with E-state index in [1.165, 1.54) is 6.20 Å². The van der Waals surface area contributed by atoms with Crippen molar-refractivity contribution in [3.8, 4) is 0 Å². The van der Waals surface area contributed by atoms with Crippen LogP contribution in [0.3, 0.4) is 0 Å². The van der Waals surface area contributed by atoms with Crippen LogP contribution in [0.1, 0.15) is 24.5 Å². The third-order valence-corrected chi connectivity index (χ3v) is 2.05. The molecule has 0 amide bonds. The van der Waals surface area contributed by atoms with Gasteiger partial charge in [0.15, 0.2) is 6.10 Å². The number of H-pyrrole nitrogens is 1. The molecule has 0 aliphatic heterocycles. The van der Waals surface area contributed by atoms with Crippen LogP contribution >= 0.6 is 0 Å². The molecular formula is C8H11N5O. The zero-order valence-corrected chi connectivity index (χ0v) is 7.75. The smallest absolute Gasteiger partial charge is 0.157 e. The van der Waals surface area contributed by atoms with Crippen LogP contribution in [0.15, 0.2) is 18.6 Å². The third-order valence-electron chi connectivity index (χ3n) is 2.05. The van der Waals surface area contributed by atoms with Gasteiger partial charge >= 0.3 is 0 Å². The van der Waals surface area contributed by atoms with Gasteiger partial charge in [0.25, 0.3) is 0 Å². The summed E-state index contributed by atoms with van der Waals surface area (Å²) in [5, 5.41) is 19.8. The van der Waals surface area contributed by atoms with E-state index in [0.717, 1.165) is 6.54 Å². The van der Waals surface area contributed by atoms with Crippen LogP contribution < -0.4 is 0 Å². The van der Waals surface area contributed by atoms with E-state index >= 15 is 0 Å². The molecule has 74 valence electrons. The highest BCUT2D eigenvalue weighted by atomic mass is 16.3. The van der Waals surface area contributed by atoms with E-state index in [2.05, 4.69) is 20.4 Å². The quantitative estimate of drug-likeness (QED) is 0.724. The predicted molar refractivity (Wildman–Crippen MR) is 48.3 cm³/mol. The molecule has 0 spiro atoms. The summed E-state index contributed by atoms with van der Waals surface area (Å²) in [6.07, 6.45) is 4.14. The Bertz CT molecular complexity index is 394. The van der Waals surface area contributed by atoms with E-state index in [1.807, 2.05) is 17.7 Å². The SMILES string of the molecule is CCn1ccnc1C(O)c1cn[nH]n1. The summed E-state index contributed by atoms with van der Waals surface area (Å²) >= 11 is 0. The Morgan fingerprint density at radius 3 is 3.14 bits per heavy atom. The van der Waals surface area contributed by atoms with Crippen molar-refractivity contribution < 1.29 is 5.11 Å². The summed E-state index contributed by atoms with van der Waals surface area (Å²) in [7, 11) is 0. The number of aromatic amines is 1. The zero-order valence-electron chi connectivity index (χ0n) is 7.75. The Labute approximate surface area is 80.6 Å². The van der Waals surface area contributed by atoms with Crippen molar-refractivity contribution in [1.29, 1.82) is 0 Å². The molecule has 1 atom stereocenters. The van der Waals surface area contributed by atoms with Crippen LogP contribution in [-0.4, -0.2) is 30.1 Å². The van der Waals surface area contributed by atoms with E-state index in [9.17, 15) is 5.11 Å². The van der Waals surface area contributed by atoms with Crippen molar-refractivity contribution >= 4 is 0 Å². The molecule has 2 rings (SSSR count). The van der Waals surface area contributed by atoms with Crippen LogP contribution in [0, 0.1) is 0 Å². The number of aryl methyl sites for hydroxylation is 1. The average molecular weight is 193 g/mol. The number of hydrogen-bond acceptors (Lipinski definition) is 4. The Hall–Kier alpha value is -1.69. The summed E-state index contributed by atoms with van der Waals surface area (Å²) in [5.41, 5.74) is 0.478. The van der Waals surface area contributed by atoms with Crippen molar-refractivity contribution in [2.24, 2.45) is 0 Å². The third kappa shape index (κ3) is 1.39. The first-order valence-electron chi connectivity index (χ1n) is 4.37. The first-order valence-corrected chi connectivity index (χ1v) is 4.37. The minimum atomic E-state index is -0.816. The van der Waals surface area contributed by atoms with Gasteiger partial charge in [0.1, 0.15) is 11.5 Å². The highest BCUT2D eigenvalue weighted by Gasteiger charge is 2.17. The molecule has 2 N–H and O–H groups in total. The van der Waals surface area contributed by atoms with E-state index in [-0.39, 0.29) is 0 Å². The van der Waals surface area contributed by atoms with E-state index < -0.39 is 6.10 Å². The molecule has 14 heavy (non-hydrogen) atoms. The molecule has 0 fully saturated rings. The second-order valence-electron chi connectivity index (χ2n) is 2.87. The van der Waals surface area contributed by atoms with Gasteiger partial charge in [0.2, 0.25) is 0 Å². The van der Waals surface area contributed by atoms with Gasteiger partial charge in [-0.3, -0.25) is 0 Å². The molecule has 2 heterocycles. The fourth-order valence-corrected chi connectivity index (χ4v) is 1.31. The molecule has 0 aliphatic carbocycles. The average Bonchev–Trinajstić information content (AvgIpc) is 2.87. The molecule has 0 bridgehead atoms. The van der Waals surface area contributed by atoms with Gasteiger partial charge in [-0.1, -0.05) is 0 Å². The maximum absolute atomic E-state index is 9.88. The molecule has 2 aromatic rings. The van der Waals surface area contributed by atoms with Crippen LogP contribution in [0.2, 0.25) is 0 Å². The number of nitrogens with zero attached hydrogens (tertiary/aromatic N) is 4. The maximum atomic E-state index is 9.88. The predicted octanol–water partition coefficient (Wildman–Crippen LogP) is 0.103. The van der Waals surface area contributed by atoms with Gasteiger partial charge < -0.3 is 9.67 Å². The minimum Gasteiger partial charge on any atom is -0.379 e.